The molecule has 0 bridgehead atoms. The first kappa shape index (κ1) is 16.1. The van der Waals surface area contributed by atoms with Crippen LogP contribution >= 0.6 is 0 Å². The Morgan fingerprint density at radius 2 is 2.05 bits per heavy atom. The largest absolute Gasteiger partial charge is 0.465 e. The van der Waals surface area contributed by atoms with Crippen molar-refractivity contribution in [2.24, 2.45) is 5.41 Å². The predicted octanol–water partition coefficient (Wildman–Crippen LogP) is 1.47. The molecule has 5 nitrogen and oxygen atoms in total. The van der Waals surface area contributed by atoms with E-state index in [-0.39, 0.29) is 31.8 Å². The lowest BCUT2D eigenvalue weighted by Crippen LogP contribution is -2.52. The maximum Gasteiger partial charge on any atom is 0.322 e. The highest BCUT2D eigenvalue weighted by Crippen LogP contribution is 2.38. The Hall–Kier alpha value is -0.940. The van der Waals surface area contributed by atoms with Crippen molar-refractivity contribution in [1.82, 2.24) is 0 Å². The first-order chi connectivity index (χ1) is 8.94. The standard InChI is InChI=1S/C14H24O5/c1-4-13(17,5-2)9-14(12(16)19-6-3)10-18-8-7-11(14)15/h17H,4-10H2,1-3H3. The number of carbonyl (C=O) groups is 2. The van der Waals surface area contributed by atoms with E-state index < -0.39 is 17.0 Å². The second-order valence-corrected chi connectivity index (χ2v) is 5.14. The highest BCUT2D eigenvalue weighted by atomic mass is 16.5. The maximum atomic E-state index is 12.3. The molecule has 0 saturated carbocycles. The number of carbonyl (C=O) groups excluding carboxylic acids is 2. The second-order valence-electron chi connectivity index (χ2n) is 5.14. The lowest BCUT2D eigenvalue weighted by Gasteiger charge is -2.39. The summed E-state index contributed by atoms with van der Waals surface area (Å²) < 4.78 is 10.4. The summed E-state index contributed by atoms with van der Waals surface area (Å²) >= 11 is 0. The van der Waals surface area contributed by atoms with Crippen molar-refractivity contribution in [3.05, 3.63) is 0 Å². The van der Waals surface area contributed by atoms with Gasteiger partial charge in [-0.3, -0.25) is 9.59 Å². The highest BCUT2D eigenvalue weighted by molar-refractivity contribution is 6.04. The summed E-state index contributed by atoms with van der Waals surface area (Å²) in [4.78, 5) is 24.5. The molecule has 110 valence electrons. The molecular weight excluding hydrogens is 248 g/mol. The molecule has 1 heterocycles. The van der Waals surface area contributed by atoms with Gasteiger partial charge in [0.15, 0.2) is 11.2 Å². The molecule has 0 aromatic carbocycles. The Bertz CT molecular complexity index is 335. The quantitative estimate of drug-likeness (QED) is 0.585. The van der Waals surface area contributed by atoms with Crippen molar-refractivity contribution in [2.75, 3.05) is 19.8 Å². The van der Waals surface area contributed by atoms with E-state index in [4.69, 9.17) is 9.47 Å². The van der Waals surface area contributed by atoms with E-state index in [9.17, 15) is 14.7 Å². The predicted molar refractivity (Wildman–Crippen MR) is 69.7 cm³/mol. The molecule has 1 aliphatic heterocycles. The fraction of sp³-hybridized carbons (Fsp3) is 0.857. The van der Waals surface area contributed by atoms with Crippen LogP contribution in [0.1, 0.15) is 46.5 Å². The normalized spacial score (nSPS) is 24.3. The minimum Gasteiger partial charge on any atom is -0.465 e. The first-order valence-electron chi connectivity index (χ1n) is 6.94. The summed E-state index contributed by atoms with van der Waals surface area (Å²) in [6.07, 6.45) is 1.24. The van der Waals surface area contributed by atoms with Gasteiger partial charge in [0.05, 0.1) is 25.4 Å². The van der Waals surface area contributed by atoms with Crippen molar-refractivity contribution in [1.29, 1.82) is 0 Å². The van der Waals surface area contributed by atoms with Gasteiger partial charge in [0.2, 0.25) is 0 Å². The zero-order valence-corrected chi connectivity index (χ0v) is 12.0. The van der Waals surface area contributed by atoms with E-state index in [1.807, 2.05) is 13.8 Å². The molecule has 0 aromatic heterocycles. The molecule has 0 aromatic rings. The topological polar surface area (TPSA) is 72.8 Å². The van der Waals surface area contributed by atoms with Gasteiger partial charge in [-0.1, -0.05) is 13.8 Å². The van der Waals surface area contributed by atoms with Crippen molar-refractivity contribution in [2.45, 2.75) is 52.1 Å². The number of hydrogen-bond acceptors (Lipinski definition) is 5. The molecule has 1 rings (SSSR count). The fourth-order valence-corrected chi connectivity index (χ4v) is 2.46. The van der Waals surface area contributed by atoms with Gasteiger partial charge in [-0.25, -0.2) is 0 Å². The zero-order chi connectivity index (χ0) is 14.5. The second kappa shape index (κ2) is 6.48. The molecule has 5 heteroatoms. The van der Waals surface area contributed by atoms with E-state index in [1.165, 1.54) is 0 Å². The summed E-state index contributed by atoms with van der Waals surface area (Å²) in [5.41, 5.74) is -2.38. The Labute approximate surface area is 114 Å². The first-order valence-corrected chi connectivity index (χ1v) is 6.94. The third kappa shape index (κ3) is 3.34. The number of esters is 1. The molecule has 0 radical (unpaired) electrons. The van der Waals surface area contributed by atoms with Crippen molar-refractivity contribution < 1.29 is 24.2 Å². The van der Waals surface area contributed by atoms with E-state index in [1.54, 1.807) is 6.92 Å². The Kier molecular flexibility index (Phi) is 5.50. The van der Waals surface area contributed by atoms with Crippen LogP contribution in [0, 0.1) is 5.41 Å². The van der Waals surface area contributed by atoms with E-state index in [2.05, 4.69) is 0 Å². The van der Waals surface area contributed by atoms with Gasteiger partial charge in [-0.2, -0.15) is 0 Å². The van der Waals surface area contributed by atoms with Crippen LogP contribution in [-0.4, -0.2) is 42.3 Å². The van der Waals surface area contributed by atoms with E-state index >= 15 is 0 Å². The number of ketones is 1. The number of ether oxygens (including phenoxy) is 2. The molecule has 0 spiro atoms. The van der Waals surface area contributed by atoms with Crippen LogP contribution in [0.2, 0.25) is 0 Å². The molecule has 0 amide bonds. The molecule has 1 fully saturated rings. The minimum absolute atomic E-state index is 0.00692. The molecule has 1 atom stereocenters. The number of Topliss-reactive ketones (excluding diaryl/α,β-unsaturated/α-hetero) is 1. The molecule has 0 aliphatic carbocycles. The van der Waals surface area contributed by atoms with Gasteiger partial charge in [-0.05, 0) is 19.8 Å². The van der Waals surface area contributed by atoms with Gasteiger partial charge >= 0.3 is 5.97 Å². The van der Waals surface area contributed by atoms with Crippen LogP contribution in [0.3, 0.4) is 0 Å². The van der Waals surface area contributed by atoms with Crippen LogP contribution in [0.15, 0.2) is 0 Å². The molecular formula is C14H24O5. The minimum atomic E-state index is -1.34. The highest BCUT2D eigenvalue weighted by Gasteiger charge is 2.52. The van der Waals surface area contributed by atoms with Crippen molar-refractivity contribution >= 4 is 11.8 Å². The molecule has 19 heavy (non-hydrogen) atoms. The maximum absolute atomic E-state index is 12.3. The number of rotatable bonds is 6. The Morgan fingerprint density at radius 1 is 1.42 bits per heavy atom. The van der Waals surface area contributed by atoms with Crippen molar-refractivity contribution in [3.63, 3.8) is 0 Å². The number of hydrogen-bond donors (Lipinski definition) is 1. The molecule has 1 unspecified atom stereocenters. The summed E-state index contributed by atoms with van der Waals surface area (Å²) in [6.45, 7) is 5.94. The van der Waals surface area contributed by atoms with Crippen LogP contribution < -0.4 is 0 Å². The van der Waals surface area contributed by atoms with E-state index in [0.717, 1.165) is 0 Å². The average molecular weight is 272 g/mol. The molecule has 1 saturated heterocycles. The van der Waals surface area contributed by atoms with Gasteiger partial charge in [0.1, 0.15) is 0 Å². The van der Waals surface area contributed by atoms with Crippen LogP contribution in [-0.2, 0) is 19.1 Å². The molecule has 1 aliphatic rings. The van der Waals surface area contributed by atoms with Crippen LogP contribution in [0.5, 0.6) is 0 Å². The zero-order valence-electron chi connectivity index (χ0n) is 12.0. The van der Waals surface area contributed by atoms with E-state index in [0.29, 0.717) is 19.4 Å². The Balaban J connectivity index is 3.04. The summed E-state index contributed by atoms with van der Waals surface area (Å²) in [5.74, 6) is -0.752. The summed E-state index contributed by atoms with van der Waals surface area (Å²) in [7, 11) is 0. The van der Waals surface area contributed by atoms with Gasteiger partial charge in [0, 0.05) is 12.8 Å². The van der Waals surface area contributed by atoms with Gasteiger partial charge in [0.25, 0.3) is 0 Å². The summed E-state index contributed by atoms with van der Waals surface area (Å²) in [5, 5.41) is 10.5. The third-order valence-corrected chi connectivity index (χ3v) is 3.97. The average Bonchev–Trinajstić information content (AvgIpc) is 2.41. The monoisotopic (exact) mass is 272 g/mol. The lowest BCUT2D eigenvalue weighted by molar-refractivity contribution is -0.175. The van der Waals surface area contributed by atoms with Crippen LogP contribution in [0.4, 0.5) is 0 Å². The fourth-order valence-electron chi connectivity index (χ4n) is 2.46. The SMILES string of the molecule is CCOC(=O)C1(CC(O)(CC)CC)COCCC1=O. The summed E-state index contributed by atoms with van der Waals surface area (Å²) in [6, 6.07) is 0. The number of aliphatic hydroxyl groups is 1. The van der Waals surface area contributed by atoms with Gasteiger partial charge in [-0.15, -0.1) is 0 Å². The molecule has 1 N–H and O–H groups in total. The Morgan fingerprint density at radius 3 is 2.53 bits per heavy atom. The lowest BCUT2D eigenvalue weighted by atomic mass is 9.71. The van der Waals surface area contributed by atoms with Gasteiger partial charge < -0.3 is 14.6 Å². The third-order valence-electron chi connectivity index (χ3n) is 3.97. The van der Waals surface area contributed by atoms with Crippen molar-refractivity contribution in [3.8, 4) is 0 Å². The smallest absolute Gasteiger partial charge is 0.322 e. The van der Waals surface area contributed by atoms with Crippen LogP contribution in [0.25, 0.3) is 0 Å².